The van der Waals surface area contributed by atoms with Crippen LogP contribution in [0.2, 0.25) is 0 Å². The third kappa shape index (κ3) is 8.37. The summed E-state index contributed by atoms with van der Waals surface area (Å²) < 4.78 is 5.42. The maximum absolute atomic E-state index is 12.3. The average molecular weight is 363 g/mol. The highest BCUT2D eigenvalue weighted by Gasteiger charge is 2.31. The molecule has 5 nitrogen and oxygen atoms in total. The van der Waals surface area contributed by atoms with Crippen LogP contribution in [0.25, 0.3) is 0 Å². The van der Waals surface area contributed by atoms with Gasteiger partial charge in [-0.3, -0.25) is 4.79 Å². The third-order valence-corrected chi connectivity index (χ3v) is 4.09. The summed E-state index contributed by atoms with van der Waals surface area (Å²) in [7, 11) is 0. The van der Waals surface area contributed by atoms with Crippen molar-refractivity contribution in [3.63, 3.8) is 0 Å². The first-order valence-corrected chi connectivity index (χ1v) is 9.35. The molecule has 0 aliphatic heterocycles. The monoisotopic (exact) mass is 362 g/mol. The van der Waals surface area contributed by atoms with E-state index in [1.807, 2.05) is 58.0 Å². The highest BCUT2D eigenvalue weighted by Crippen LogP contribution is 2.19. The van der Waals surface area contributed by atoms with E-state index in [4.69, 9.17) is 4.74 Å². The predicted molar refractivity (Wildman–Crippen MR) is 105 cm³/mol. The summed E-state index contributed by atoms with van der Waals surface area (Å²) in [5, 5.41) is 3.00. The van der Waals surface area contributed by atoms with Gasteiger partial charge in [-0.25, -0.2) is 4.79 Å². The third-order valence-electron chi connectivity index (χ3n) is 4.09. The van der Waals surface area contributed by atoms with Gasteiger partial charge in [0.15, 0.2) is 0 Å². The smallest absolute Gasteiger partial charge is 0.408 e. The van der Waals surface area contributed by atoms with Crippen molar-refractivity contribution in [2.75, 3.05) is 6.54 Å². The van der Waals surface area contributed by atoms with Crippen LogP contribution in [-0.4, -0.2) is 34.6 Å². The van der Waals surface area contributed by atoms with Gasteiger partial charge in [0.2, 0.25) is 5.91 Å². The minimum Gasteiger partial charge on any atom is -0.444 e. The number of rotatable bonds is 8. The maximum atomic E-state index is 12.3. The van der Waals surface area contributed by atoms with Gasteiger partial charge >= 0.3 is 6.09 Å². The van der Waals surface area contributed by atoms with Gasteiger partial charge in [-0.15, -0.1) is 0 Å². The molecule has 1 unspecified atom stereocenters. The number of hydrogen-bond acceptors (Lipinski definition) is 3. The Morgan fingerprint density at radius 3 is 2.23 bits per heavy atom. The molecule has 5 heteroatoms. The second-order valence-electron chi connectivity index (χ2n) is 8.15. The van der Waals surface area contributed by atoms with Crippen LogP contribution in [0.3, 0.4) is 0 Å². The largest absolute Gasteiger partial charge is 0.444 e. The van der Waals surface area contributed by atoms with Gasteiger partial charge in [0, 0.05) is 20.0 Å². The van der Waals surface area contributed by atoms with Crippen LogP contribution < -0.4 is 5.32 Å². The zero-order chi connectivity index (χ0) is 19.8. The molecule has 0 aliphatic rings. The van der Waals surface area contributed by atoms with E-state index >= 15 is 0 Å². The quantitative estimate of drug-likeness (QED) is 0.740. The predicted octanol–water partition coefficient (Wildman–Crippen LogP) is 4.51. The van der Waals surface area contributed by atoms with Gasteiger partial charge in [-0.1, -0.05) is 50.1 Å². The van der Waals surface area contributed by atoms with Crippen molar-refractivity contribution in [3.05, 3.63) is 35.9 Å². The summed E-state index contributed by atoms with van der Waals surface area (Å²) in [6.45, 7) is 12.1. The minimum atomic E-state index is -0.556. The van der Waals surface area contributed by atoms with Crippen LogP contribution in [0.1, 0.15) is 66.4 Å². The number of nitrogens with one attached hydrogen (secondary N) is 1. The molecule has 1 atom stereocenters. The molecule has 1 rings (SSSR count). The van der Waals surface area contributed by atoms with E-state index in [1.165, 1.54) is 0 Å². The van der Waals surface area contributed by atoms with E-state index in [1.54, 1.807) is 11.8 Å². The maximum Gasteiger partial charge on any atom is 0.408 e. The summed E-state index contributed by atoms with van der Waals surface area (Å²) in [6, 6.07) is 9.88. The number of carbonyl (C=O) groups is 2. The van der Waals surface area contributed by atoms with Crippen LogP contribution in [0.5, 0.6) is 0 Å². The molecule has 0 aromatic heterocycles. The topological polar surface area (TPSA) is 58.6 Å². The van der Waals surface area contributed by atoms with E-state index in [9.17, 15) is 9.59 Å². The lowest BCUT2D eigenvalue weighted by Crippen LogP contribution is -2.55. The van der Waals surface area contributed by atoms with Crippen molar-refractivity contribution in [1.29, 1.82) is 0 Å². The number of nitrogens with zero attached hydrogens (tertiary/aromatic N) is 1. The highest BCUT2D eigenvalue weighted by molar-refractivity contribution is 5.74. The standard InChI is InChI=1S/C21H34N2O3/c1-7-8-14-21(6,22-19(25)26-20(3,4)5)16-23(17(2)24)15-18-12-10-9-11-13-18/h9-13H,7-8,14-16H2,1-6H3,(H,22,25). The Labute approximate surface area is 158 Å². The molecule has 0 fully saturated rings. The molecular weight excluding hydrogens is 328 g/mol. The zero-order valence-corrected chi connectivity index (χ0v) is 17.1. The summed E-state index contributed by atoms with van der Waals surface area (Å²) >= 11 is 0. The second kappa shape index (κ2) is 9.60. The Balaban J connectivity index is 2.90. The van der Waals surface area contributed by atoms with Crippen LogP contribution >= 0.6 is 0 Å². The van der Waals surface area contributed by atoms with Gasteiger partial charge < -0.3 is 15.0 Å². The molecule has 0 saturated heterocycles. The molecule has 2 amide bonds. The number of alkyl carbamates (subject to hydrolysis) is 1. The Morgan fingerprint density at radius 1 is 1.12 bits per heavy atom. The van der Waals surface area contributed by atoms with Crippen molar-refractivity contribution in [2.24, 2.45) is 0 Å². The van der Waals surface area contributed by atoms with E-state index in [0.29, 0.717) is 13.1 Å². The Bertz CT molecular complexity index is 581. The van der Waals surface area contributed by atoms with Gasteiger partial charge in [-0.05, 0) is 39.7 Å². The van der Waals surface area contributed by atoms with Crippen molar-refractivity contribution in [2.45, 2.75) is 78.5 Å². The molecule has 146 valence electrons. The molecule has 0 aliphatic carbocycles. The lowest BCUT2D eigenvalue weighted by Gasteiger charge is -2.36. The summed E-state index contributed by atoms with van der Waals surface area (Å²) in [4.78, 5) is 26.3. The first-order valence-electron chi connectivity index (χ1n) is 9.35. The van der Waals surface area contributed by atoms with Crippen molar-refractivity contribution in [3.8, 4) is 0 Å². The Hall–Kier alpha value is -2.04. The molecule has 0 radical (unpaired) electrons. The molecule has 1 N–H and O–H groups in total. The van der Waals surface area contributed by atoms with Crippen LogP contribution in [0.4, 0.5) is 4.79 Å². The SMILES string of the molecule is CCCCC(C)(CN(Cc1ccccc1)C(C)=O)NC(=O)OC(C)(C)C. The number of carbonyl (C=O) groups excluding carboxylic acids is 2. The molecule has 1 aromatic rings. The molecule has 0 spiro atoms. The Kier molecular flexibility index (Phi) is 8.12. The van der Waals surface area contributed by atoms with E-state index < -0.39 is 17.2 Å². The van der Waals surface area contributed by atoms with Crippen molar-refractivity contribution < 1.29 is 14.3 Å². The van der Waals surface area contributed by atoms with Crippen molar-refractivity contribution in [1.82, 2.24) is 10.2 Å². The second-order valence-corrected chi connectivity index (χ2v) is 8.15. The molecule has 1 aromatic carbocycles. The highest BCUT2D eigenvalue weighted by atomic mass is 16.6. The van der Waals surface area contributed by atoms with Gasteiger partial charge in [0.05, 0.1) is 5.54 Å². The fourth-order valence-electron chi connectivity index (χ4n) is 2.80. The minimum absolute atomic E-state index is 0.0115. The lowest BCUT2D eigenvalue weighted by molar-refractivity contribution is -0.130. The van der Waals surface area contributed by atoms with Crippen LogP contribution in [0, 0.1) is 0 Å². The fraction of sp³-hybridized carbons (Fsp3) is 0.619. The van der Waals surface area contributed by atoms with Gasteiger partial charge in [0.1, 0.15) is 5.60 Å². The van der Waals surface area contributed by atoms with E-state index in [2.05, 4.69) is 12.2 Å². The van der Waals surface area contributed by atoms with Gasteiger partial charge in [0.25, 0.3) is 0 Å². The number of benzene rings is 1. The lowest BCUT2D eigenvalue weighted by atomic mass is 9.94. The molecule has 0 saturated carbocycles. The van der Waals surface area contributed by atoms with Gasteiger partial charge in [-0.2, -0.15) is 0 Å². The Morgan fingerprint density at radius 2 is 1.73 bits per heavy atom. The number of ether oxygens (including phenoxy) is 1. The summed E-state index contributed by atoms with van der Waals surface area (Å²) in [6.07, 6.45) is 2.31. The molecular formula is C21H34N2O3. The van der Waals surface area contributed by atoms with E-state index in [0.717, 1.165) is 24.8 Å². The molecule has 0 heterocycles. The van der Waals surface area contributed by atoms with Crippen molar-refractivity contribution >= 4 is 12.0 Å². The normalized spacial score (nSPS) is 13.6. The number of unbranched alkanes of at least 4 members (excludes halogenated alkanes) is 1. The first kappa shape index (κ1) is 22.0. The average Bonchev–Trinajstić information content (AvgIpc) is 2.51. The van der Waals surface area contributed by atoms with Crippen LogP contribution in [0.15, 0.2) is 30.3 Å². The molecule has 26 heavy (non-hydrogen) atoms. The first-order chi connectivity index (χ1) is 12.0. The van der Waals surface area contributed by atoms with E-state index in [-0.39, 0.29) is 5.91 Å². The number of amides is 2. The number of hydrogen-bond donors (Lipinski definition) is 1. The zero-order valence-electron chi connectivity index (χ0n) is 17.1. The van der Waals surface area contributed by atoms with Crippen LogP contribution in [-0.2, 0) is 16.1 Å². The summed E-state index contributed by atoms with van der Waals surface area (Å²) in [5.41, 5.74) is -0.0310. The summed E-state index contributed by atoms with van der Waals surface area (Å²) in [5.74, 6) is -0.0115. The molecule has 0 bridgehead atoms. The fourth-order valence-corrected chi connectivity index (χ4v) is 2.80.